The number of hydrogen-bond donors (Lipinski definition) is 1. The van der Waals surface area contributed by atoms with Gasteiger partial charge < -0.3 is 14.2 Å². The number of nitrogens with one attached hydrogen (secondary N) is 1. The predicted molar refractivity (Wildman–Crippen MR) is 96.0 cm³/mol. The molecule has 1 atom stereocenters. The van der Waals surface area contributed by atoms with E-state index in [2.05, 4.69) is 5.32 Å². The van der Waals surface area contributed by atoms with Crippen LogP contribution < -0.4 is 14.8 Å². The lowest BCUT2D eigenvalue weighted by Crippen LogP contribution is -2.26. The lowest BCUT2D eigenvalue weighted by Gasteiger charge is -2.15. The molecular weight excluding hydrogens is 391 g/mol. The lowest BCUT2D eigenvalue weighted by atomic mass is 9.99. The van der Waals surface area contributed by atoms with Gasteiger partial charge in [0.1, 0.15) is 5.75 Å². The van der Waals surface area contributed by atoms with E-state index in [0.29, 0.717) is 12.2 Å². The van der Waals surface area contributed by atoms with Gasteiger partial charge in [-0.25, -0.2) is 4.79 Å². The van der Waals surface area contributed by atoms with Crippen molar-refractivity contribution in [3.05, 3.63) is 53.1 Å². The van der Waals surface area contributed by atoms with Crippen LogP contribution in [0, 0.1) is 0 Å². The molecule has 2 amide bonds. The molecule has 1 heterocycles. The standard InChI is InChI=1S/C20H18F3NO5/c1-3-11-8-14(6-4-12(11)9-17-18(25)24-19(26)29-17)28-15-7-5-13(20(21,22)23)10-16(15)27-2/h4-8,10,17H,3,9H2,1-2H3,(H,24,25,26). The van der Waals surface area contributed by atoms with E-state index in [0.717, 1.165) is 23.3 Å². The molecule has 0 bridgehead atoms. The number of rotatable bonds is 6. The van der Waals surface area contributed by atoms with Crippen molar-refractivity contribution in [1.29, 1.82) is 0 Å². The molecule has 1 aliphatic heterocycles. The normalized spacial score (nSPS) is 16.4. The second-order valence-corrected chi connectivity index (χ2v) is 6.34. The second-order valence-electron chi connectivity index (χ2n) is 6.34. The summed E-state index contributed by atoms with van der Waals surface area (Å²) < 4.78 is 54.3. The number of benzene rings is 2. The van der Waals surface area contributed by atoms with E-state index in [9.17, 15) is 22.8 Å². The second kappa shape index (κ2) is 8.02. The topological polar surface area (TPSA) is 73.9 Å². The van der Waals surface area contributed by atoms with E-state index < -0.39 is 29.8 Å². The number of methoxy groups -OCH3 is 1. The molecule has 3 rings (SSSR count). The molecule has 154 valence electrons. The number of halogens is 3. The molecule has 2 aromatic carbocycles. The summed E-state index contributed by atoms with van der Waals surface area (Å²) >= 11 is 0. The van der Waals surface area contributed by atoms with Crippen molar-refractivity contribution in [3.8, 4) is 17.2 Å². The number of aryl methyl sites for hydroxylation is 1. The summed E-state index contributed by atoms with van der Waals surface area (Å²) in [5.41, 5.74) is 0.814. The molecule has 0 saturated carbocycles. The quantitative estimate of drug-likeness (QED) is 0.772. The number of alkyl carbamates (subject to hydrolysis) is 1. The van der Waals surface area contributed by atoms with Crippen LogP contribution in [-0.2, 0) is 28.5 Å². The first-order valence-corrected chi connectivity index (χ1v) is 8.77. The highest BCUT2D eigenvalue weighted by Gasteiger charge is 2.33. The average Bonchev–Trinajstić information content (AvgIpc) is 2.99. The molecule has 0 aliphatic carbocycles. The number of alkyl halides is 3. The molecule has 1 saturated heterocycles. The van der Waals surface area contributed by atoms with E-state index >= 15 is 0 Å². The van der Waals surface area contributed by atoms with Crippen LogP contribution in [-0.4, -0.2) is 25.2 Å². The van der Waals surface area contributed by atoms with Gasteiger partial charge in [-0.15, -0.1) is 0 Å². The van der Waals surface area contributed by atoms with Gasteiger partial charge in [0.15, 0.2) is 17.6 Å². The van der Waals surface area contributed by atoms with Crippen LogP contribution in [0.2, 0.25) is 0 Å². The maximum absolute atomic E-state index is 12.9. The molecule has 0 aromatic heterocycles. The first-order chi connectivity index (χ1) is 13.7. The number of imide groups is 1. The summed E-state index contributed by atoms with van der Waals surface area (Å²) in [4.78, 5) is 22.8. The van der Waals surface area contributed by atoms with Gasteiger partial charge in [-0.2, -0.15) is 13.2 Å². The molecule has 2 aromatic rings. The van der Waals surface area contributed by atoms with Crippen molar-refractivity contribution >= 4 is 12.0 Å². The summed E-state index contributed by atoms with van der Waals surface area (Å²) in [5.74, 6) is -0.000657. The minimum Gasteiger partial charge on any atom is -0.493 e. The first-order valence-electron chi connectivity index (χ1n) is 8.77. The molecule has 1 unspecified atom stereocenters. The number of hydrogen-bond acceptors (Lipinski definition) is 5. The van der Waals surface area contributed by atoms with E-state index in [1.54, 1.807) is 18.2 Å². The van der Waals surface area contributed by atoms with E-state index in [1.165, 1.54) is 13.2 Å². The van der Waals surface area contributed by atoms with E-state index in [4.69, 9.17) is 14.2 Å². The maximum atomic E-state index is 12.9. The van der Waals surface area contributed by atoms with Crippen LogP contribution in [0.4, 0.5) is 18.0 Å². The van der Waals surface area contributed by atoms with Gasteiger partial charge in [-0.1, -0.05) is 13.0 Å². The van der Waals surface area contributed by atoms with Crippen molar-refractivity contribution in [1.82, 2.24) is 5.32 Å². The van der Waals surface area contributed by atoms with Crippen LogP contribution in [0.15, 0.2) is 36.4 Å². The largest absolute Gasteiger partial charge is 0.493 e. The Balaban J connectivity index is 1.82. The van der Waals surface area contributed by atoms with Crippen molar-refractivity contribution in [3.63, 3.8) is 0 Å². The summed E-state index contributed by atoms with van der Waals surface area (Å²) in [7, 11) is 1.26. The van der Waals surface area contributed by atoms with Gasteiger partial charge in [0.2, 0.25) is 0 Å². The molecule has 9 heteroatoms. The number of amides is 2. The molecule has 1 aliphatic rings. The third-order valence-corrected chi connectivity index (χ3v) is 4.45. The van der Waals surface area contributed by atoms with Gasteiger partial charge >= 0.3 is 12.3 Å². The summed E-state index contributed by atoms with van der Waals surface area (Å²) in [6.07, 6.45) is -5.33. The minimum atomic E-state index is -4.49. The van der Waals surface area contributed by atoms with Crippen molar-refractivity contribution < 1.29 is 37.0 Å². The highest BCUT2D eigenvalue weighted by atomic mass is 19.4. The third kappa shape index (κ3) is 4.61. The van der Waals surface area contributed by atoms with Gasteiger partial charge in [-0.05, 0) is 47.9 Å². The fourth-order valence-corrected chi connectivity index (χ4v) is 2.98. The van der Waals surface area contributed by atoms with Crippen LogP contribution in [0.25, 0.3) is 0 Å². The Morgan fingerprint density at radius 3 is 2.41 bits per heavy atom. The molecule has 0 radical (unpaired) electrons. The Morgan fingerprint density at radius 1 is 1.07 bits per heavy atom. The number of cyclic esters (lactones) is 1. The first kappa shape index (κ1) is 20.5. The maximum Gasteiger partial charge on any atom is 0.416 e. The molecule has 1 fully saturated rings. The number of carbonyl (C=O) groups excluding carboxylic acids is 2. The summed E-state index contributed by atoms with van der Waals surface area (Å²) in [6.45, 7) is 1.90. The van der Waals surface area contributed by atoms with Crippen LogP contribution >= 0.6 is 0 Å². The number of carbonyl (C=O) groups is 2. The molecule has 29 heavy (non-hydrogen) atoms. The zero-order valence-corrected chi connectivity index (χ0v) is 15.6. The van der Waals surface area contributed by atoms with Crippen LogP contribution in [0.5, 0.6) is 17.2 Å². The smallest absolute Gasteiger partial charge is 0.416 e. The monoisotopic (exact) mass is 409 g/mol. The zero-order chi connectivity index (χ0) is 21.2. The Kier molecular flexibility index (Phi) is 5.67. The fraction of sp³-hybridized carbons (Fsp3) is 0.300. The molecule has 6 nitrogen and oxygen atoms in total. The zero-order valence-electron chi connectivity index (χ0n) is 15.6. The Morgan fingerprint density at radius 2 is 1.83 bits per heavy atom. The Hall–Kier alpha value is -3.23. The third-order valence-electron chi connectivity index (χ3n) is 4.45. The van der Waals surface area contributed by atoms with E-state index in [-0.39, 0.29) is 17.9 Å². The predicted octanol–water partition coefficient (Wildman–Crippen LogP) is 4.25. The molecular formula is C20H18F3NO5. The van der Waals surface area contributed by atoms with Crippen molar-refractivity contribution in [2.45, 2.75) is 32.0 Å². The van der Waals surface area contributed by atoms with Gasteiger partial charge in [0.25, 0.3) is 5.91 Å². The van der Waals surface area contributed by atoms with Crippen LogP contribution in [0.3, 0.4) is 0 Å². The van der Waals surface area contributed by atoms with Crippen LogP contribution in [0.1, 0.15) is 23.6 Å². The summed E-state index contributed by atoms with van der Waals surface area (Å²) in [6, 6.07) is 8.06. The highest BCUT2D eigenvalue weighted by Crippen LogP contribution is 2.38. The van der Waals surface area contributed by atoms with Crippen molar-refractivity contribution in [2.75, 3.05) is 7.11 Å². The van der Waals surface area contributed by atoms with Gasteiger partial charge in [0, 0.05) is 6.42 Å². The van der Waals surface area contributed by atoms with Gasteiger partial charge in [-0.3, -0.25) is 10.1 Å². The number of ether oxygens (including phenoxy) is 3. The molecule has 1 N–H and O–H groups in total. The summed E-state index contributed by atoms with van der Waals surface area (Å²) in [5, 5.41) is 2.08. The Bertz CT molecular complexity index is 942. The van der Waals surface area contributed by atoms with Crippen molar-refractivity contribution in [2.24, 2.45) is 0 Å². The minimum absolute atomic E-state index is 0.0449. The van der Waals surface area contributed by atoms with Gasteiger partial charge in [0.05, 0.1) is 12.7 Å². The van der Waals surface area contributed by atoms with E-state index in [1.807, 2.05) is 6.92 Å². The lowest BCUT2D eigenvalue weighted by molar-refractivity contribution is -0.137. The SMILES string of the molecule is CCc1cc(Oc2ccc(C(F)(F)F)cc2OC)ccc1CC1OC(=O)NC1=O. The Labute approximate surface area is 164 Å². The fourth-order valence-electron chi connectivity index (χ4n) is 2.98. The molecule has 0 spiro atoms. The average molecular weight is 409 g/mol. The highest BCUT2D eigenvalue weighted by molar-refractivity contribution is 6.00.